The molecular weight excluding hydrogens is 583 g/mol. The topological polar surface area (TPSA) is 0 Å². The number of benzene rings is 2. The number of allylic oxidation sites excluding steroid dienone is 4. The molecule has 0 radical (unpaired) electrons. The third kappa shape index (κ3) is 7.30. The van der Waals surface area contributed by atoms with Gasteiger partial charge in [-0.2, -0.15) is 0 Å². The van der Waals surface area contributed by atoms with E-state index in [0.29, 0.717) is 0 Å². The Balaban J connectivity index is 0.00000253. The van der Waals surface area contributed by atoms with Crippen molar-refractivity contribution in [1.82, 2.24) is 0 Å². The molecule has 0 N–H and O–H groups in total. The molecule has 0 bridgehead atoms. The third-order valence-corrected chi connectivity index (χ3v) is 16.0. The van der Waals surface area contributed by atoms with Crippen LogP contribution in [0.4, 0.5) is 0 Å². The van der Waals surface area contributed by atoms with E-state index in [1.807, 2.05) is 3.21 Å². The van der Waals surface area contributed by atoms with Gasteiger partial charge in [0.15, 0.2) is 0 Å². The van der Waals surface area contributed by atoms with Crippen molar-refractivity contribution in [1.29, 1.82) is 0 Å². The molecule has 2 aromatic rings. The molecule has 4 rings (SSSR count). The molecule has 206 valence electrons. The van der Waals surface area contributed by atoms with Crippen LogP contribution in [-0.2, 0) is 38.5 Å². The quantitative estimate of drug-likeness (QED) is 0.358. The Hall–Kier alpha value is -0.747. The van der Waals surface area contributed by atoms with Gasteiger partial charge in [-0.3, -0.25) is 0 Å². The molecule has 0 heterocycles. The maximum atomic E-state index is 2.70. The Kier molecular flexibility index (Phi) is 12.1. The SMILES string of the molecule is CCCC[C](CCCC)=[Zr+2]([C]1=CC=CC1)[c]1cc(C(C)(C)C)cc2c1Cc1ccc(C(C)(C)C)cc1-2.[Cl-].[Cl-]. The molecule has 0 saturated carbocycles. The molecule has 2 aromatic carbocycles. The molecule has 0 saturated heterocycles. The summed E-state index contributed by atoms with van der Waals surface area (Å²) in [5.74, 6) is 0. The molecule has 2 aliphatic carbocycles. The van der Waals surface area contributed by atoms with Crippen molar-refractivity contribution in [3.63, 3.8) is 0 Å². The smallest absolute Gasteiger partial charge is 1.00 e. The predicted octanol–water partition coefficient (Wildman–Crippen LogP) is 3.50. The van der Waals surface area contributed by atoms with Gasteiger partial charge >= 0.3 is 231 Å². The maximum absolute atomic E-state index is 2.70. The zero-order valence-corrected chi connectivity index (χ0v) is 29.0. The zero-order valence-electron chi connectivity index (χ0n) is 25.0. The predicted molar refractivity (Wildman–Crippen MR) is 158 cm³/mol. The van der Waals surface area contributed by atoms with Gasteiger partial charge in [0.1, 0.15) is 0 Å². The van der Waals surface area contributed by atoms with Crippen LogP contribution in [-0.4, -0.2) is 3.21 Å². The van der Waals surface area contributed by atoms with E-state index in [9.17, 15) is 0 Å². The average molecular weight is 631 g/mol. The van der Waals surface area contributed by atoms with Crippen molar-refractivity contribution >= 4 is 6.48 Å². The van der Waals surface area contributed by atoms with E-state index in [1.165, 1.54) is 67.2 Å². The molecular formula is C35H48Cl2Zr. The summed E-state index contributed by atoms with van der Waals surface area (Å²) < 4.78 is 5.57. The van der Waals surface area contributed by atoms with E-state index in [1.54, 1.807) is 17.7 Å². The van der Waals surface area contributed by atoms with Gasteiger partial charge in [-0.25, -0.2) is 0 Å². The molecule has 0 aliphatic heterocycles. The van der Waals surface area contributed by atoms with E-state index in [0.717, 1.165) is 6.42 Å². The van der Waals surface area contributed by atoms with Crippen molar-refractivity contribution in [2.24, 2.45) is 0 Å². The molecule has 2 aliphatic rings. The molecule has 0 aromatic heterocycles. The third-order valence-electron chi connectivity index (χ3n) is 8.13. The molecule has 3 heteroatoms. The monoisotopic (exact) mass is 628 g/mol. The van der Waals surface area contributed by atoms with E-state index in [4.69, 9.17) is 0 Å². The summed E-state index contributed by atoms with van der Waals surface area (Å²) >= 11 is -2.21. The summed E-state index contributed by atoms with van der Waals surface area (Å²) in [6.45, 7) is 19.0. The van der Waals surface area contributed by atoms with Gasteiger partial charge in [-0.1, -0.05) is 0 Å². The van der Waals surface area contributed by atoms with Crippen LogP contribution in [0.2, 0.25) is 0 Å². The normalized spacial score (nSPS) is 13.6. The number of hydrogen-bond acceptors (Lipinski definition) is 0. The van der Waals surface area contributed by atoms with Gasteiger partial charge in [0, 0.05) is 0 Å². The average Bonchev–Trinajstić information content (AvgIpc) is 3.47. The first-order valence-electron chi connectivity index (χ1n) is 14.4. The second kappa shape index (κ2) is 13.7. The Morgan fingerprint density at radius 3 is 1.92 bits per heavy atom. The first-order valence-corrected chi connectivity index (χ1v) is 18.1. The summed E-state index contributed by atoms with van der Waals surface area (Å²) in [5.41, 5.74) is 9.58. The van der Waals surface area contributed by atoms with E-state index < -0.39 is 21.3 Å². The first-order chi connectivity index (χ1) is 17.0. The summed E-state index contributed by atoms with van der Waals surface area (Å²) in [6, 6.07) is 12.6. The van der Waals surface area contributed by atoms with Crippen LogP contribution in [0, 0.1) is 0 Å². The maximum Gasteiger partial charge on any atom is -1.00 e. The minimum Gasteiger partial charge on any atom is -1.00 e. The van der Waals surface area contributed by atoms with Gasteiger partial charge in [0.2, 0.25) is 0 Å². The minimum absolute atomic E-state index is 0. The van der Waals surface area contributed by atoms with Crippen molar-refractivity contribution in [2.75, 3.05) is 0 Å². The van der Waals surface area contributed by atoms with Crippen LogP contribution in [0.1, 0.15) is 123 Å². The van der Waals surface area contributed by atoms with Crippen LogP contribution in [0.3, 0.4) is 0 Å². The van der Waals surface area contributed by atoms with Crippen LogP contribution in [0.15, 0.2) is 51.8 Å². The fourth-order valence-electron chi connectivity index (χ4n) is 5.78. The largest absolute Gasteiger partial charge is 1.00 e. The van der Waals surface area contributed by atoms with Crippen molar-refractivity contribution < 1.29 is 46.1 Å². The molecule has 0 unspecified atom stereocenters. The Morgan fingerprint density at radius 2 is 1.39 bits per heavy atom. The number of hydrogen-bond donors (Lipinski definition) is 0. The molecule has 0 spiro atoms. The van der Waals surface area contributed by atoms with E-state index >= 15 is 0 Å². The van der Waals surface area contributed by atoms with Crippen LogP contribution >= 0.6 is 0 Å². The van der Waals surface area contributed by atoms with E-state index in [-0.39, 0.29) is 35.6 Å². The fourth-order valence-corrected chi connectivity index (χ4v) is 14.2. The van der Waals surface area contributed by atoms with Crippen molar-refractivity contribution in [3.05, 3.63) is 74.1 Å². The zero-order chi connectivity index (χ0) is 26.1. The summed E-state index contributed by atoms with van der Waals surface area (Å²) in [7, 11) is 0. The summed E-state index contributed by atoms with van der Waals surface area (Å²) in [5, 5.41) is 0. The molecule has 0 fully saturated rings. The summed E-state index contributed by atoms with van der Waals surface area (Å²) in [6.07, 6.45) is 17.5. The van der Waals surface area contributed by atoms with Gasteiger partial charge in [-0.15, -0.1) is 0 Å². The molecule has 0 amide bonds. The Morgan fingerprint density at radius 1 is 0.789 bits per heavy atom. The van der Waals surface area contributed by atoms with Crippen LogP contribution < -0.4 is 28.1 Å². The number of halogens is 2. The van der Waals surface area contributed by atoms with Crippen LogP contribution in [0.5, 0.6) is 0 Å². The number of unbranched alkanes of at least 4 members (excludes halogenated alkanes) is 2. The van der Waals surface area contributed by atoms with Gasteiger partial charge in [0.05, 0.1) is 0 Å². The second-order valence-corrected chi connectivity index (χ2v) is 19.6. The first kappa shape index (κ1) is 33.5. The van der Waals surface area contributed by atoms with Gasteiger partial charge in [0.25, 0.3) is 0 Å². The second-order valence-electron chi connectivity index (χ2n) is 13.1. The Bertz CT molecular complexity index is 1210. The fraction of sp³-hybridized carbons (Fsp3) is 0.514. The van der Waals surface area contributed by atoms with Crippen LogP contribution in [0.25, 0.3) is 11.1 Å². The van der Waals surface area contributed by atoms with Gasteiger partial charge < -0.3 is 24.8 Å². The van der Waals surface area contributed by atoms with Crippen molar-refractivity contribution in [3.8, 4) is 11.1 Å². The Labute approximate surface area is 253 Å². The molecule has 0 atom stereocenters. The minimum atomic E-state index is -2.21. The standard InChI is InChI=1S/C21H25.C9H18.C5H5.2ClH.Zr/c1-20(2,3)16-9-7-14-11-15-8-10-17(21(4,5)6)13-19(15)18(14)12-16;1-3-5-7-9-8-6-4-2;1-2-4-5-3-1;;;/h7,9-10,12-13H,11H2,1-6H3;3-8H2,1-2H3;1-3H,4H2;2*1H;/q;;;;;+2/p-2. The van der Waals surface area contributed by atoms with Gasteiger partial charge in [-0.05, 0) is 0 Å². The molecule has 0 nitrogen and oxygen atoms in total. The van der Waals surface area contributed by atoms with Crippen molar-refractivity contribution in [2.45, 2.75) is 118 Å². The molecule has 38 heavy (non-hydrogen) atoms. The summed E-state index contributed by atoms with van der Waals surface area (Å²) in [4.78, 5) is 0. The number of rotatable bonds is 8. The van der Waals surface area contributed by atoms with E-state index in [2.05, 4.69) is 104 Å². The number of fused-ring (bicyclic) bond motifs is 3.